The standard InChI is InChI=1S/C27H38N2O2/c1-5-10-20-14-22(7-3)26(30)24(16-20)18-28-12-9-13-29-19-25-17-21(11-6-2)15-23(8-4)27(25)31/h14-19,30-31H,5-13H2,1-4H3. The molecule has 0 aliphatic heterocycles. The third-order valence-corrected chi connectivity index (χ3v) is 5.43. The lowest BCUT2D eigenvalue weighted by molar-refractivity contribution is 0.467. The quantitative estimate of drug-likeness (QED) is 0.323. The van der Waals surface area contributed by atoms with E-state index >= 15 is 0 Å². The summed E-state index contributed by atoms with van der Waals surface area (Å²) in [6, 6.07) is 8.27. The van der Waals surface area contributed by atoms with E-state index in [0.29, 0.717) is 24.6 Å². The van der Waals surface area contributed by atoms with Crippen molar-refractivity contribution >= 4 is 12.4 Å². The van der Waals surface area contributed by atoms with Gasteiger partial charge in [-0.15, -0.1) is 0 Å². The average Bonchev–Trinajstić information content (AvgIpc) is 2.76. The first-order chi connectivity index (χ1) is 15.0. The average molecular weight is 423 g/mol. The summed E-state index contributed by atoms with van der Waals surface area (Å²) in [7, 11) is 0. The molecule has 0 heterocycles. The number of aliphatic imine (C=N–C) groups is 2. The molecule has 0 bridgehead atoms. The molecule has 2 N–H and O–H groups in total. The second kappa shape index (κ2) is 12.9. The Morgan fingerprint density at radius 3 is 1.45 bits per heavy atom. The molecular formula is C27H38N2O2. The maximum atomic E-state index is 10.4. The van der Waals surface area contributed by atoms with E-state index in [1.165, 1.54) is 11.1 Å². The lowest BCUT2D eigenvalue weighted by Gasteiger charge is -2.09. The molecule has 2 aromatic carbocycles. The third-order valence-electron chi connectivity index (χ3n) is 5.43. The Morgan fingerprint density at radius 2 is 1.10 bits per heavy atom. The van der Waals surface area contributed by atoms with Crippen molar-refractivity contribution in [1.82, 2.24) is 0 Å². The summed E-state index contributed by atoms with van der Waals surface area (Å²) in [5.74, 6) is 0.691. The molecule has 4 heteroatoms. The first-order valence-corrected chi connectivity index (χ1v) is 11.7. The van der Waals surface area contributed by atoms with Gasteiger partial charge in [0.2, 0.25) is 0 Å². The summed E-state index contributed by atoms with van der Waals surface area (Å²) in [5.41, 5.74) is 6.06. The first kappa shape index (κ1) is 24.6. The molecule has 0 fully saturated rings. The molecule has 0 amide bonds. The van der Waals surface area contributed by atoms with Crippen LogP contribution in [0.2, 0.25) is 0 Å². The maximum Gasteiger partial charge on any atom is 0.127 e. The molecule has 2 aromatic rings. The Bertz CT molecular complexity index is 827. The van der Waals surface area contributed by atoms with Crippen molar-refractivity contribution in [2.45, 2.75) is 72.6 Å². The third kappa shape index (κ3) is 7.23. The molecule has 0 saturated carbocycles. The van der Waals surface area contributed by atoms with Crippen LogP contribution >= 0.6 is 0 Å². The number of phenols is 2. The number of hydrogen-bond donors (Lipinski definition) is 2. The number of hydrogen-bond acceptors (Lipinski definition) is 4. The monoisotopic (exact) mass is 422 g/mol. The predicted octanol–water partition coefficient (Wildman–Crippen LogP) is 6.06. The number of rotatable bonds is 12. The zero-order valence-corrected chi connectivity index (χ0v) is 19.6. The second-order valence-electron chi connectivity index (χ2n) is 8.02. The minimum atomic E-state index is 0.346. The van der Waals surface area contributed by atoms with Crippen molar-refractivity contribution in [2.24, 2.45) is 9.98 Å². The molecule has 168 valence electrons. The predicted molar refractivity (Wildman–Crippen MR) is 132 cm³/mol. The van der Waals surface area contributed by atoms with Gasteiger partial charge in [-0.1, -0.05) is 52.7 Å². The van der Waals surface area contributed by atoms with Crippen LogP contribution in [0.25, 0.3) is 0 Å². The molecule has 31 heavy (non-hydrogen) atoms. The van der Waals surface area contributed by atoms with E-state index in [2.05, 4.69) is 49.8 Å². The fourth-order valence-electron chi connectivity index (χ4n) is 3.76. The summed E-state index contributed by atoms with van der Waals surface area (Å²) in [5, 5.41) is 20.9. The van der Waals surface area contributed by atoms with Crippen molar-refractivity contribution in [3.8, 4) is 11.5 Å². The van der Waals surface area contributed by atoms with Gasteiger partial charge in [-0.25, -0.2) is 0 Å². The Hall–Kier alpha value is -2.62. The van der Waals surface area contributed by atoms with Crippen molar-refractivity contribution in [3.63, 3.8) is 0 Å². The molecule has 2 rings (SSSR count). The topological polar surface area (TPSA) is 65.2 Å². The molecule has 0 aliphatic rings. The molecule has 0 atom stereocenters. The molecule has 0 aliphatic carbocycles. The van der Waals surface area contributed by atoms with Gasteiger partial charge in [0.15, 0.2) is 0 Å². The van der Waals surface area contributed by atoms with E-state index in [0.717, 1.165) is 67.2 Å². The molecule has 0 unspecified atom stereocenters. The number of phenolic OH excluding ortho intramolecular Hbond substituents is 2. The summed E-state index contributed by atoms with van der Waals surface area (Å²) in [6.45, 7) is 9.74. The molecule has 0 radical (unpaired) electrons. The highest BCUT2D eigenvalue weighted by atomic mass is 16.3. The normalized spacial score (nSPS) is 11.7. The van der Waals surface area contributed by atoms with Gasteiger partial charge in [-0.2, -0.15) is 0 Å². The highest BCUT2D eigenvalue weighted by Crippen LogP contribution is 2.26. The van der Waals surface area contributed by atoms with Crippen LogP contribution in [-0.4, -0.2) is 35.7 Å². The Morgan fingerprint density at radius 1 is 0.677 bits per heavy atom. The van der Waals surface area contributed by atoms with Crippen molar-refractivity contribution in [3.05, 3.63) is 57.6 Å². The van der Waals surface area contributed by atoms with E-state index in [1.54, 1.807) is 12.4 Å². The van der Waals surface area contributed by atoms with Gasteiger partial charge in [0.25, 0.3) is 0 Å². The number of aryl methyl sites for hydroxylation is 4. The number of aromatic hydroxyl groups is 2. The summed E-state index contributed by atoms with van der Waals surface area (Å²) < 4.78 is 0. The fourth-order valence-corrected chi connectivity index (χ4v) is 3.76. The van der Waals surface area contributed by atoms with Crippen LogP contribution in [-0.2, 0) is 25.7 Å². The molecule has 4 nitrogen and oxygen atoms in total. The van der Waals surface area contributed by atoms with Crippen LogP contribution in [0, 0.1) is 0 Å². The maximum absolute atomic E-state index is 10.4. The van der Waals surface area contributed by atoms with Gasteiger partial charge in [0.1, 0.15) is 11.5 Å². The summed E-state index contributed by atoms with van der Waals surface area (Å²) in [4.78, 5) is 9.00. The van der Waals surface area contributed by atoms with Gasteiger partial charge in [-0.3, -0.25) is 9.98 Å². The van der Waals surface area contributed by atoms with Crippen LogP contribution in [0.4, 0.5) is 0 Å². The zero-order valence-electron chi connectivity index (χ0n) is 19.6. The van der Waals surface area contributed by atoms with Gasteiger partial charge in [-0.05, 0) is 66.5 Å². The van der Waals surface area contributed by atoms with E-state index in [-0.39, 0.29) is 0 Å². The minimum Gasteiger partial charge on any atom is -0.507 e. The Balaban J connectivity index is 1.95. The van der Waals surface area contributed by atoms with E-state index in [4.69, 9.17) is 0 Å². The fraction of sp³-hybridized carbons (Fsp3) is 0.481. The molecule has 0 saturated heterocycles. The van der Waals surface area contributed by atoms with Crippen LogP contribution in [0.15, 0.2) is 34.3 Å². The lowest BCUT2D eigenvalue weighted by atomic mass is 10.00. The number of nitrogens with zero attached hydrogens (tertiary/aromatic N) is 2. The van der Waals surface area contributed by atoms with Gasteiger partial charge < -0.3 is 10.2 Å². The number of benzene rings is 2. The summed E-state index contributed by atoms with van der Waals surface area (Å²) >= 11 is 0. The minimum absolute atomic E-state index is 0.346. The van der Waals surface area contributed by atoms with Gasteiger partial charge in [0.05, 0.1) is 0 Å². The van der Waals surface area contributed by atoms with Crippen molar-refractivity contribution in [1.29, 1.82) is 0 Å². The Kier molecular flexibility index (Phi) is 10.3. The smallest absolute Gasteiger partial charge is 0.127 e. The van der Waals surface area contributed by atoms with Crippen LogP contribution in [0.3, 0.4) is 0 Å². The van der Waals surface area contributed by atoms with Crippen LogP contribution < -0.4 is 0 Å². The van der Waals surface area contributed by atoms with Crippen molar-refractivity contribution in [2.75, 3.05) is 13.1 Å². The highest BCUT2D eigenvalue weighted by Gasteiger charge is 2.08. The van der Waals surface area contributed by atoms with E-state index in [9.17, 15) is 10.2 Å². The van der Waals surface area contributed by atoms with Gasteiger partial charge in [0, 0.05) is 36.6 Å². The lowest BCUT2D eigenvalue weighted by Crippen LogP contribution is -1.96. The Labute approximate surface area is 187 Å². The molecule has 0 aromatic heterocycles. The van der Waals surface area contributed by atoms with E-state index in [1.807, 2.05) is 12.1 Å². The summed E-state index contributed by atoms with van der Waals surface area (Å²) in [6.07, 6.45) is 10.2. The largest absolute Gasteiger partial charge is 0.507 e. The van der Waals surface area contributed by atoms with E-state index < -0.39 is 0 Å². The first-order valence-electron chi connectivity index (χ1n) is 11.7. The zero-order chi connectivity index (χ0) is 22.6. The highest BCUT2D eigenvalue weighted by molar-refractivity contribution is 5.85. The van der Waals surface area contributed by atoms with Crippen LogP contribution in [0.5, 0.6) is 11.5 Å². The van der Waals surface area contributed by atoms with Crippen molar-refractivity contribution < 1.29 is 10.2 Å². The molecular weight excluding hydrogens is 384 g/mol. The van der Waals surface area contributed by atoms with Crippen LogP contribution in [0.1, 0.15) is 80.3 Å². The SMILES string of the molecule is CCCc1cc(C=NCCCN=Cc2cc(CCC)cc(CC)c2O)c(O)c(CC)c1. The second-order valence-corrected chi connectivity index (χ2v) is 8.02. The van der Waals surface area contributed by atoms with Gasteiger partial charge >= 0.3 is 0 Å². The molecule has 0 spiro atoms.